The van der Waals surface area contributed by atoms with Gasteiger partial charge in [0.15, 0.2) is 0 Å². The molecule has 0 unspecified atom stereocenters. The second kappa shape index (κ2) is 5.84. The third-order valence-corrected chi connectivity index (χ3v) is 4.73. The fourth-order valence-corrected chi connectivity index (χ4v) is 3.37. The molecule has 3 nitrogen and oxygen atoms in total. The average Bonchev–Trinajstić information content (AvgIpc) is 3.34. The fourth-order valence-electron chi connectivity index (χ4n) is 3.18. The zero-order valence-electron chi connectivity index (χ0n) is 13.1. The number of urea groups is 1. The minimum atomic E-state index is -0.274. The number of nitrogens with one attached hydrogen (secondary N) is 2. The summed E-state index contributed by atoms with van der Waals surface area (Å²) in [6, 6.07) is 21.5. The van der Waals surface area contributed by atoms with E-state index in [1.54, 1.807) is 12.1 Å². The van der Waals surface area contributed by atoms with Gasteiger partial charge in [-0.15, -0.1) is 0 Å². The summed E-state index contributed by atoms with van der Waals surface area (Å²) < 4.78 is 0. The first-order valence-corrected chi connectivity index (χ1v) is 8.37. The van der Waals surface area contributed by atoms with Crippen LogP contribution in [0.5, 0.6) is 0 Å². The molecular formula is C20H17ClN2O. The van der Waals surface area contributed by atoms with Crippen molar-refractivity contribution in [3.05, 3.63) is 77.3 Å². The second-order valence-corrected chi connectivity index (χ2v) is 6.63. The lowest BCUT2D eigenvalue weighted by molar-refractivity contribution is 0.247. The van der Waals surface area contributed by atoms with E-state index >= 15 is 0 Å². The molecule has 1 fully saturated rings. The number of halogens is 1. The maximum atomic E-state index is 12.4. The number of carbonyl (C=O) groups excluding carboxylic acids is 1. The average molecular weight is 337 g/mol. The number of carbonyl (C=O) groups is 1. The van der Waals surface area contributed by atoms with Crippen LogP contribution in [0.2, 0.25) is 5.02 Å². The Morgan fingerprint density at radius 3 is 2.50 bits per heavy atom. The summed E-state index contributed by atoms with van der Waals surface area (Å²) in [4.78, 5) is 12.4. The van der Waals surface area contributed by atoms with E-state index in [9.17, 15) is 4.79 Å². The van der Waals surface area contributed by atoms with Gasteiger partial charge in [0.25, 0.3) is 0 Å². The van der Waals surface area contributed by atoms with Gasteiger partial charge in [-0.25, -0.2) is 4.79 Å². The highest BCUT2D eigenvalue weighted by atomic mass is 35.5. The third kappa shape index (κ3) is 2.83. The van der Waals surface area contributed by atoms with Crippen molar-refractivity contribution in [3.8, 4) is 0 Å². The largest absolute Gasteiger partial charge is 0.328 e. The number of hydrogen-bond acceptors (Lipinski definition) is 1. The highest BCUT2D eigenvalue weighted by Gasteiger charge is 2.46. The molecule has 24 heavy (non-hydrogen) atoms. The highest BCUT2D eigenvalue weighted by Crippen LogP contribution is 2.47. The molecule has 0 radical (unpaired) electrons. The van der Waals surface area contributed by atoms with Crippen LogP contribution in [0.15, 0.2) is 66.7 Å². The van der Waals surface area contributed by atoms with Crippen LogP contribution in [0.25, 0.3) is 10.8 Å². The van der Waals surface area contributed by atoms with Crippen molar-refractivity contribution >= 4 is 34.1 Å². The Labute approximate surface area is 145 Å². The van der Waals surface area contributed by atoms with E-state index in [1.807, 2.05) is 30.3 Å². The summed E-state index contributed by atoms with van der Waals surface area (Å²) in [5, 5.41) is 9.00. The van der Waals surface area contributed by atoms with E-state index < -0.39 is 0 Å². The molecule has 3 aromatic rings. The fraction of sp³-hybridized carbons (Fsp3) is 0.150. The van der Waals surface area contributed by atoms with Crippen molar-refractivity contribution in [3.63, 3.8) is 0 Å². The Morgan fingerprint density at radius 2 is 1.71 bits per heavy atom. The molecule has 1 aliphatic rings. The lowest BCUT2D eigenvalue weighted by Gasteiger charge is -2.20. The van der Waals surface area contributed by atoms with Crippen molar-refractivity contribution in [1.82, 2.24) is 5.32 Å². The third-order valence-electron chi connectivity index (χ3n) is 4.49. The summed E-state index contributed by atoms with van der Waals surface area (Å²) >= 11 is 5.96. The smallest absolute Gasteiger partial charge is 0.319 e. The number of fused-ring (bicyclic) bond motifs is 1. The molecule has 1 aliphatic carbocycles. The van der Waals surface area contributed by atoms with Crippen LogP contribution in [0.3, 0.4) is 0 Å². The summed E-state index contributed by atoms with van der Waals surface area (Å²) in [6.07, 6.45) is 1.90. The van der Waals surface area contributed by atoms with Gasteiger partial charge in [0.2, 0.25) is 0 Å². The molecule has 120 valence electrons. The second-order valence-electron chi connectivity index (χ2n) is 6.20. The molecule has 4 heteroatoms. The van der Waals surface area contributed by atoms with E-state index in [0.29, 0.717) is 10.7 Å². The van der Waals surface area contributed by atoms with Gasteiger partial charge >= 0.3 is 6.03 Å². The van der Waals surface area contributed by atoms with Crippen LogP contribution < -0.4 is 10.6 Å². The van der Waals surface area contributed by atoms with Gasteiger partial charge in [-0.2, -0.15) is 0 Å². The van der Waals surface area contributed by atoms with Crippen LogP contribution in [-0.2, 0) is 5.54 Å². The van der Waals surface area contributed by atoms with Crippen molar-refractivity contribution in [2.45, 2.75) is 18.4 Å². The first-order valence-electron chi connectivity index (χ1n) is 7.99. The standard InChI is InChI=1S/C20H17ClN2O/c21-15-7-4-8-16(13-15)22-19(24)23-20(11-12-20)18-10-3-6-14-5-1-2-9-17(14)18/h1-10,13H,11-12H2,(H2,22,23,24). The van der Waals surface area contributed by atoms with Crippen molar-refractivity contribution in [1.29, 1.82) is 0 Å². The van der Waals surface area contributed by atoms with E-state index in [-0.39, 0.29) is 11.6 Å². The minimum absolute atomic E-state index is 0.206. The van der Waals surface area contributed by atoms with Gasteiger partial charge in [0.05, 0.1) is 5.54 Å². The predicted octanol–water partition coefficient (Wildman–Crippen LogP) is 5.30. The number of amides is 2. The van der Waals surface area contributed by atoms with Gasteiger partial charge in [0.1, 0.15) is 0 Å². The Bertz CT molecular complexity index is 913. The van der Waals surface area contributed by atoms with E-state index in [0.717, 1.165) is 12.8 Å². The molecule has 0 aliphatic heterocycles. The SMILES string of the molecule is O=C(Nc1cccc(Cl)c1)NC1(c2cccc3ccccc23)CC1. The Morgan fingerprint density at radius 1 is 0.958 bits per heavy atom. The normalized spacial score (nSPS) is 15.0. The molecule has 0 saturated heterocycles. The summed E-state index contributed by atoms with van der Waals surface area (Å²) in [5.41, 5.74) is 1.60. The molecule has 0 aromatic heterocycles. The maximum Gasteiger partial charge on any atom is 0.319 e. The van der Waals surface area contributed by atoms with Crippen molar-refractivity contribution in [2.75, 3.05) is 5.32 Å². The van der Waals surface area contributed by atoms with Gasteiger partial charge < -0.3 is 10.6 Å². The molecule has 0 heterocycles. The van der Waals surface area contributed by atoms with Gasteiger partial charge in [-0.3, -0.25) is 0 Å². The van der Waals surface area contributed by atoms with Crippen LogP contribution in [0, 0.1) is 0 Å². The first-order chi connectivity index (χ1) is 11.7. The van der Waals surface area contributed by atoms with Crippen molar-refractivity contribution < 1.29 is 4.79 Å². The van der Waals surface area contributed by atoms with Crippen LogP contribution in [0.1, 0.15) is 18.4 Å². The molecule has 2 N–H and O–H groups in total. The lowest BCUT2D eigenvalue weighted by Crippen LogP contribution is -2.38. The van der Waals surface area contributed by atoms with Crippen LogP contribution >= 0.6 is 11.6 Å². The molecule has 0 spiro atoms. The topological polar surface area (TPSA) is 41.1 Å². The Balaban J connectivity index is 1.58. The van der Waals surface area contributed by atoms with Crippen LogP contribution in [-0.4, -0.2) is 6.03 Å². The molecule has 4 rings (SSSR count). The maximum absolute atomic E-state index is 12.4. The number of hydrogen-bond donors (Lipinski definition) is 2. The zero-order valence-corrected chi connectivity index (χ0v) is 13.8. The van der Waals surface area contributed by atoms with Gasteiger partial charge in [-0.05, 0) is 47.4 Å². The monoisotopic (exact) mass is 336 g/mol. The van der Waals surface area contributed by atoms with Crippen molar-refractivity contribution in [2.24, 2.45) is 0 Å². The molecule has 1 saturated carbocycles. The molecule has 3 aromatic carbocycles. The Kier molecular flexibility index (Phi) is 3.66. The molecular weight excluding hydrogens is 320 g/mol. The predicted molar refractivity (Wildman–Crippen MR) is 98.5 cm³/mol. The highest BCUT2D eigenvalue weighted by molar-refractivity contribution is 6.30. The van der Waals surface area contributed by atoms with Gasteiger partial charge in [0, 0.05) is 10.7 Å². The summed E-state index contributed by atoms with van der Waals surface area (Å²) in [5.74, 6) is 0. The number of anilines is 1. The van der Waals surface area contributed by atoms with E-state index in [4.69, 9.17) is 11.6 Å². The van der Waals surface area contributed by atoms with E-state index in [1.165, 1.54) is 16.3 Å². The zero-order chi connectivity index (χ0) is 16.6. The lowest BCUT2D eigenvalue weighted by atomic mass is 9.97. The first kappa shape index (κ1) is 15.0. The summed E-state index contributed by atoms with van der Waals surface area (Å²) in [7, 11) is 0. The molecule has 0 bridgehead atoms. The minimum Gasteiger partial charge on any atom is -0.328 e. The number of benzene rings is 3. The summed E-state index contributed by atoms with van der Waals surface area (Å²) in [6.45, 7) is 0. The Hall–Kier alpha value is -2.52. The quantitative estimate of drug-likeness (QED) is 0.669. The van der Waals surface area contributed by atoms with Gasteiger partial charge in [-0.1, -0.05) is 60.1 Å². The molecule has 0 atom stereocenters. The molecule has 2 amide bonds. The van der Waals surface area contributed by atoms with Crippen LogP contribution in [0.4, 0.5) is 10.5 Å². The van der Waals surface area contributed by atoms with E-state index in [2.05, 4.69) is 34.9 Å². The number of rotatable bonds is 3.